The number of hydrogen-bond donors (Lipinski definition) is 2. The number of thiophene rings is 1. The van der Waals surface area contributed by atoms with E-state index in [0.29, 0.717) is 13.1 Å². The molecule has 5 nitrogen and oxygen atoms in total. The number of fused-ring (bicyclic) bond motifs is 1. The van der Waals surface area contributed by atoms with E-state index in [2.05, 4.69) is 40.5 Å². The Morgan fingerprint density at radius 3 is 2.60 bits per heavy atom. The predicted molar refractivity (Wildman–Crippen MR) is 122 cm³/mol. The van der Waals surface area contributed by atoms with E-state index in [0.717, 1.165) is 48.4 Å². The number of primary amides is 1. The van der Waals surface area contributed by atoms with Gasteiger partial charge in [0.1, 0.15) is 0 Å². The number of hydrogen-bond acceptors (Lipinski definition) is 4. The molecule has 0 radical (unpaired) electrons. The molecule has 1 aliphatic carbocycles. The molecule has 0 spiro atoms. The number of anilines is 1. The van der Waals surface area contributed by atoms with Crippen molar-refractivity contribution in [3.63, 3.8) is 0 Å². The largest absolute Gasteiger partial charge is 0.371 e. The van der Waals surface area contributed by atoms with Crippen molar-refractivity contribution in [3.8, 4) is 0 Å². The fourth-order valence-corrected chi connectivity index (χ4v) is 5.66. The van der Waals surface area contributed by atoms with Gasteiger partial charge in [0.25, 0.3) is 5.91 Å². The lowest BCUT2D eigenvalue weighted by molar-refractivity contribution is -0.122. The van der Waals surface area contributed by atoms with Crippen LogP contribution in [0.2, 0.25) is 0 Å². The molecular weight excluding hydrogens is 394 g/mol. The summed E-state index contributed by atoms with van der Waals surface area (Å²) in [6, 6.07) is 10.4. The lowest BCUT2D eigenvalue weighted by Crippen LogP contribution is -2.41. The van der Waals surface area contributed by atoms with Crippen LogP contribution in [0.25, 0.3) is 0 Å². The van der Waals surface area contributed by atoms with Gasteiger partial charge in [-0.1, -0.05) is 25.0 Å². The molecule has 0 saturated carbocycles. The fraction of sp³-hybridized carbons (Fsp3) is 0.500. The summed E-state index contributed by atoms with van der Waals surface area (Å²) in [6.07, 6.45) is 9.14. The summed E-state index contributed by atoms with van der Waals surface area (Å²) in [6.45, 7) is 2.16. The molecule has 0 bridgehead atoms. The van der Waals surface area contributed by atoms with Gasteiger partial charge >= 0.3 is 0 Å². The molecule has 160 valence electrons. The fourth-order valence-electron chi connectivity index (χ4n) is 4.49. The van der Waals surface area contributed by atoms with Crippen molar-refractivity contribution in [2.24, 2.45) is 11.7 Å². The van der Waals surface area contributed by atoms with E-state index in [1.165, 1.54) is 36.1 Å². The van der Waals surface area contributed by atoms with Crippen LogP contribution in [-0.4, -0.2) is 24.9 Å². The Balaban J connectivity index is 1.33. The summed E-state index contributed by atoms with van der Waals surface area (Å²) < 4.78 is 0. The molecule has 30 heavy (non-hydrogen) atoms. The second kappa shape index (κ2) is 9.65. The Morgan fingerprint density at radius 1 is 1.07 bits per heavy atom. The number of nitrogens with one attached hydrogen (secondary N) is 1. The summed E-state index contributed by atoms with van der Waals surface area (Å²) in [5.74, 6) is -0.250. The van der Waals surface area contributed by atoms with Gasteiger partial charge in [0, 0.05) is 30.2 Å². The zero-order valence-corrected chi connectivity index (χ0v) is 18.3. The third-order valence-corrected chi connectivity index (χ3v) is 7.53. The van der Waals surface area contributed by atoms with Gasteiger partial charge in [0.15, 0.2) is 0 Å². The van der Waals surface area contributed by atoms with Crippen LogP contribution in [0.4, 0.5) is 5.69 Å². The molecule has 0 unspecified atom stereocenters. The molecule has 2 aromatic rings. The molecule has 2 aliphatic rings. The summed E-state index contributed by atoms with van der Waals surface area (Å²) in [4.78, 5) is 28.6. The van der Waals surface area contributed by atoms with Gasteiger partial charge in [0.2, 0.25) is 5.91 Å². The summed E-state index contributed by atoms with van der Waals surface area (Å²) in [5, 5.41) is 3.07. The Bertz CT molecular complexity index is 865. The third kappa shape index (κ3) is 5.04. The van der Waals surface area contributed by atoms with E-state index in [1.54, 1.807) is 11.3 Å². The monoisotopic (exact) mass is 425 g/mol. The standard InChI is InChI=1S/C24H31N3O2S/c25-23(28)19-7-5-13-27(16-19)20-11-9-17(10-12-20)15-26-24(29)22-14-18-6-3-1-2-4-8-21(18)30-22/h9-12,14,19H,1-8,13,15-16H2,(H2,25,28)(H,26,29)/t19-/m0/s1. The third-order valence-electron chi connectivity index (χ3n) is 6.30. The van der Waals surface area contributed by atoms with Crippen molar-refractivity contribution in [1.29, 1.82) is 0 Å². The first-order chi connectivity index (χ1) is 14.6. The van der Waals surface area contributed by atoms with Gasteiger partial charge in [-0.25, -0.2) is 0 Å². The molecule has 2 heterocycles. The average Bonchev–Trinajstić information content (AvgIpc) is 3.14. The maximum absolute atomic E-state index is 12.7. The number of benzene rings is 1. The van der Waals surface area contributed by atoms with Crippen molar-refractivity contribution < 1.29 is 9.59 Å². The zero-order chi connectivity index (χ0) is 20.9. The van der Waals surface area contributed by atoms with E-state index in [9.17, 15) is 9.59 Å². The van der Waals surface area contributed by atoms with Crippen LogP contribution in [0.3, 0.4) is 0 Å². The number of aryl methyl sites for hydroxylation is 2. The second-order valence-corrected chi connectivity index (χ2v) is 9.65. The second-order valence-electron chi connectivity index (χ2n) is 8.51. The van der Waals surface area contributed by atoms with E-state index >= 15 is 0 Å². The van der Waals surface area contributed by atoms with E-state index in [4.69, 9.17) is 5.73 Å². The van der Waals surface area contributed by atoms with Crippen molar-refractivity contribution in [2.45, 2.75) is 57.9 Å². The Hall–Kier alpha value is -2.34. The summed E-state index contributed by atoms with van der Waals surface area (Å²) in [5.41, 5.74) is 9.05. The molecule has 3 N–H and O–H groups in total. The average molecular weight is 426 g/mol. The number of carbonyl (C=O) groups is 2. The van der Waals surface area contributed by atoms with Crippen molar-refractivity contribution in [3.05, 3.63) is 51.2 Å². The molecule has 1 aromatic heterocycles. The lowest BCUT2D eigenvalue weighted by atomic mass is 9.97. The molecule has 1 fully saturated rings. The number of nitrogens with zero attached hydrogens (tertiary/aromatic N) is 1. The topological polar surface area (TPSA) is 75.4 Å². The van der Waals surface area contributed by atoms with E-state index in [-0.39, 0.29) is 17.7 Å². The van der Waals surface area contributed by atoms with Crippen LogP contribution >= 0.6 is 11.3 Å². The highest BCUT2D eigenvalue weighted by Crippen LogP contribution is 2.28. The normalized spacial score (nSPS) is 19.5. The SMILES string of the molecule is NC(=O)[C@H]1CCCN(c2ccc(CNC(=O)c3cc4c(s3)CCCCCC4)cc2)C1. The van der Waals surface area contributed by atoms with Gasteiger partial charge in [-0.2, -0.15) is 0 Å². The minimum absolute atomic E-state index is 0.0242. The molecule has 1 atom stereocenters. The molecule has 2 amide bonds. The van der Waals surface area contributed by atoms with Crippen molar-refractivity contribution >= 4 is 28.8 Å². The minimum Gasteiger partial charge on any atom is -0.371 e. The smallest absolute Gasteiger partial charge is 0.261 e. The number of nitrogens with two attached hydrogens (primary N) is 1. The molecule has 1 saturated heterocycles. The quantitative estimate of drug-likeness (QED) is 0.759. The van der Waals surface area contributed by atoms with Crippen LogP contribution in [0.5, 0.6) is 0 Å². The van der Waals surface area contributed by atoms with Crippen molar-refractivity contribution in [2.75, 3.05) is 18.0 Å². The maximum atomic E-state index is 12.7. The molecular formula is C24H31N3O2S. The van der Waals surface area contributed by atoms with Crippen LogP contribution in [0, 0.1) is 5.92 Å². The summed E-state index contributed by atoms with van der Waals surface area (Å²) in [7, 11) is 0. The number of amides is 2. The lowest BCUT2D eigenvalue weighted by Gasteiger charge is -2.33. The van der Waals surface area contributed by atoms with Crippen molar-refractivity contribution in [1.82, 2.24) is 5.32 Å². The molecule has 6 heteroatoms. The number of rotatable bonds is 5. The van der Waals surface area contributed by atoms with Crippen LogP contribution in [0.1, 0.15) is 64.2 Å². The molecule has 1 aromatic carbocycles. The highest BCUT2D eigenvalue weighted by atomic mass is 32.1. The minimum atomic E-state index is -0.208. The van der Waals surface area contributed by atoms with Gasteiger partial charge < -0.3 is 16.0 Å². The summed E-state index contributed by atoms with van der Waals surface area (Å²) >= 11 is 1.67. The first-order valence-corrected chi connectivity index (χ1v) is 11.9. The van der Waals surface area contributed by atoms with Crippen LogP contribution in [0.15, 0.2) is 30.3 Å². The van der Waals surface area contributed by atoms with Crippen LogP contribution in [-0.2, 0) is 24.2 Å². The molecule has 4 rings (SSSR count). The highest BCUT2D eigenvalue weighted by Gasteiger charge is 2.24. The van der Waals surface area contributed by atoms with Gasteiger partial charge in [-0.15, -0.1) is 11.3 Å². The first kappa shape index (κ1) is 20.9. The Labute approximate surface area is 182 Å². The van der Waals surface area contributed by atoms with Crippen LogP contribution < -0.4 is 16.0 Å². The van der Waals surface area contributed by atoms with Gasteiger partial charge in [-0.05, 0) is 67.9 Å². The zero-order valence-electron chi connectivity index (χ0n) is 17.5. The number of piperidine rings is 1. The Kier molecular flexibility index (Phi) is 6.72. The van der Waals surface area contributed by atoms with Gasteiger partial charge in [0.05, 0.1) is 10.8 Å². The van der Waals surface area contributed by atoms with Gasteiger partial charge in [-0.3, -0.25) is 9.59 Å². The maximum Gasteiger partial charge on any atom is 0.261 e. The van der Waals surface area contributed by atoms with E-state index < -0.39 is 0 Å². The highest BCUT2D eigenvalue weighted by molar-refractivity contribution is 7.14. The number of carbonyl (C=O) groups excluding carboxylic acids is 2. The first-order valence-electron chi connectivity index (χ1n) is 11.1. The Morgan fingerprint density at radius 2 is 1.83 bits per heavy atom. The van der Waals surface area contributed by atoms with E-state index in [1.807, 2.05) is 0 Å². The predicted octanol–water partition coefficient (Wildman–Crippen LogP) is 4.04. The molecule has 1 aliphatic heterocycles.